The number of anilines is 2. The number of benzene rings is 3. The summed E-state index contributed by atoms with van der Waals surface area (Å²) < 4.78 is 18.2. The van der Waals surface area contributed by atoms with Gasteiger partial charge in [-0.05, 0) is 53.0 Å². The Bertz CT molecular complexity index is 1440. The van der Waals surface area contributed by atoms with Gasteiger partial charge in [0.15, 0.2) is 5.69 Å². The molecule has 0 spiro atoms. The highest BCUT2D eigenvalue weighted by Crippen LogP contribution is 2.34. The standard InChI is InChI=1S/C26H22FN5O4S/c27-17-7-4-8-18(13-17)32(26(36)23-20(28)21(24(29)34)31-37-23)22(16-9-11-19(33)12-10-16)25(35)30-14-15-5-2-1-3-6-15/h1-13,22,33H,14,28H2,(H2,29,34)(H,30,35)/t22-/m1/s1. The fourth-order valence-electron chi connectivity index (χ4n) is 3.70. The summed E-state index contributed by atoms with van der Waals surface area (Å²) in [5, 5.41) is 12.6. The molecule has 0 fully saturated rings. The van der Waals surface area contributed by atoms with Crippen molar-refractivity contribution in [3.8, 4) is 5.75 Å². The van der Waals surface area contributed by atoms with E-state index >= 15 is 0 Å². The highest BCUT2D eigenvalue weighted by molar-refractivity contribution is 7.09. The van der Waals surface area contributed by atoms with Gasteiger partial charge in [-0.15, -0.1) is 0 Å². The molecule has 3 aromatic carbocycles. The van der Waals surface area contributed by atoms with Gasteiger partial charge in [-0.25, -0.2) is 4.39 Å². The summed E-state index contributed by atoms with van der Waals surface area (Å²) in [5.41, 5.74) is 12.0. The molecular weight excluding hydrogens is 497 g/mol. The normalized spacial score (nSPS) is 11.5. The Hall–Kier alpha value is -4.77. The molecule has 0 unspecified atom stereocenters. The number of phenols is 1. The second-order valence-electron chi connectivity index (χ2n) is 7.99. The van der Waals surface area contributed by atoms with Gasteiger partial charge in [-0.1, -0.05) is 48.5 Å². The van der Waals surface area contributed by atoms with Gasteiger partial charge < -0.3 is 21.9 Å². The first kappa shape index (κ1) is 25.3. The lowest BCUT2D eigenvalue weighted by molar-refractivity contribution is -0.122. The predicted octanol–water partition coefficient (Wildman–Crippen LogP) is 3.37. The average Bonchev–Trinajstić information content (AvgIpc) is 3.28. The summed E-state index contributed by atoms with van der Waals surface area (Å²) in [5.74, 6) is -2.97. The minimum Gasteiger partial charge on any atom is -0.508 e. The number of nitrogen functional groups attached to an aromatic ring is 1. The number of aromatic hydroxyl groups is 1. The summed E-state index contributed by atoms with van der Waals surface area (Å²) in [7, 11) is 0. The van der Waals surface area contributed by atoms with Gasteiger partial charge in [-0.3, -0.25) is 19.3 Å². The largest absolute Gasteiger partial charge is 0.508 e. The predicted molar refractivity (Wildman–Crippen MR) is 137 cm³/mol. The Labute approximate surface area is 215 Å². The van der Waals surface area contributed by atoms with E-state index in [1.165, 1.54) is 42.5 Å². The van der Waals surface area contributed by atoms with Crippen LogP contribution in [0.1, 0.15) is 37.3 Å². The Morgan fingerprint density at radius 3 is 2.35 bits per heavy atom. The Kier molecular flexibility index (Phi) is 7.44. The lowest BCUT2D eigenvalue weighted by Crippen LogP contribution is -2.44. The molecule has 0 aliphatic carbocycles. The van der Waals surface area contributed by atoms with E-state index in [1.54, 1.807) is 0 Å². The number of phenolic OH excluding ortho intramolecular Hbond substituents is 1. The topological polar surface area (TPSA) is 152 Å². The van der Waals surface area contributed by atoms with Crippen molar-refractivity contribution in [3.05, 3.63) is 106 Å². The summed E-state index contributed by atoms with van der Waals surface area (Å²) in [6.07, 6.45) is 0. The number of amides is 3. The minimum atomic E-state index is -1.31. The van der Waals surface area contributed by atoms with Crippen LogP contribution in [-0.2, 0) is 11.3 Å². The van der Waals surface area contributed by atoms with Gasteiger partial charge in [0.1, 0.15) is 22.5 Å². The number of hydrogen-bond acceptors (Lipinski definition) is 7. The number of rotatable bonds is 8. The molecule has 0 aliphatic rings. The van der Waals surface area contributed by atoms with Crippen molar-refractivity contribution in [2.24, 2.45) is 5.73 Å². The Balaban J connectivity index is 1.83. The highest BCUT2D eigenvalue weighted by atomic mass is 32.1. The van der Waals surface area contributed by atoms with Crippen molar-refractivity contribution in [2.75, 3.05) is 10.6 Å². The van der Waals surface area contributed by atoms with Crippen LogP contribution in [0.4, 0.5) is 15.8 Å². The molecule has 9 nitrogen and oxygen atoms in total. The van der Waals surface area contributed by atoms with E-state index in [0.717, 1.165) is 16.5 Å². The maximum absolute atomic E-state index is 14.3. The van der Waals surface area contributed by atoms with Crippen LogP contribution in [0, 0.1) is 5.82 Å². The zero-order chi connectivity index (χ0) is 26.5. The molecule has 6 N–H and O–H groups in total. The smallest absolute Gasteiger partial charge is 0.273 e. The van der Waals surface area contributed by atoms with Gasteiger partial charge >= 0.3 is 0 Å². The van der Waals surface area contributed by atoms with Crippen molar-refractivity contribution in [1.29, 1.82) is 0 Å². The zero-order valence-corrected chi connectivity index (χ0v) is 20.1. The fraction of sp³-hybridized carbons (Fsp3) is 0.0769. The number of hydrogen-bond donors (Lipinski definition) is 4. The van der Waals surface area contributed by atoms with Gasteiger partial charge in [0.2, 0.25) is 5.91 Å². The molecule has 0 bridgehead atoms. The van der Waals surface area contributed by atoms with Crippen molar-refractivity contribution in [2.45, 2.75) is 12.6 Å². The average molecular weight is 520 g/mol. The molecule has 37 heavy (non-hydrogen) atoms. The zero-order valence-electron chi connectivity index (χ0n) is 19.3. The molecule has 0 saturated heterocycles. The van der Waals surface area contributed by atoms with E-state index in [2.05, 4.69) is 9.69 Å². The van der Waals surface area contributed by atoms with Gasteiger partial charge in [0.25, 0.3) is 11.8 Å². The first-order valence-corrected chi connectivity index (χ1v) is 11.8. The third-order valence-electron chi connectivity index (χ3n) is 5.49. The first-order valence-electron chi connectivity index (χ1n) is 11.0. The molecule has 3 amide bonds. The van der Waals surface area contributed by atoms with E-state index in [1.807, 2.05) is 30.3 Å². The van der Waals surface area contributed by atoms with E-state index in [4.69, 9.17) is 11.5 Å². The number of halogens is 1. The minimum absolute atomic E-state index is 0.0476. The Morgan fingerprint density at radius 1 is 1.03 bits per heavy atom. The third-order valence-corrected chi connectivity index (χ3v) is 6.34. The lowest BCUT2D eigenvalue weighted by atomic mass is 10.0. The van der Waals surface area contributed by atoms with Gasteiger partial charge in [0, 0.05) is 12.2 Å². The molecule has 1 heterocycles. The molecule has 0 aliphatic heterocycles. The second-order valence-corrected chi connectivity index (χ2v) is 8.76. The number of aromatic nitrogens is 1. The van der Waals surface area contributed by atoms with Crippen molar-refractivity contribution >= 4 is 40.6 Å². The number of carbonyl (C=O) groups excluding carboxylic acids is 3. The van der Waals surface area contributed by atoms with Crippen LogP contribution >= 0.6 is 11.5 Å². The maximum Gasteiger partial charge on any atom is 0.273 e. The van der Waals surface area contributed by atoms with Gasteiger partial charge in [-0.2, -0.15) is 4.37 Å². The van der Waals surface area contributed by atoms with Crippen LogP contribution in [0.2, 0.25) is 0 Å². The number of nitrogens with zero attached hydrogens (tertiary/aromatic N) is 2. The van der Waals surface area contributed by atoms with Crippen molar-refractivity contribution in [3.63, 3.8) is 0 Å². The van der Waals surface area contributed by atoms with Crippen LogP contribution in [0.15, 0.2) is 78.9 Å². The van der Waals surface area contributed by atoms with E-state index in [-0.39, 0.29) is 34.2 Å². The summed E-state index contributed by atoms with van der Waals surface area (Å²) in [4.78, 5) is 40.2. The van der Waals surface area contributed by atoms with Crippen molar-refractivity contribution in [1.82, 2.24) is 9.69 Å². The highest BCUT2D eigenvalue weighted by Gasteiger charge is 2.36. The number of carbonyl (C=O) groups is 3. The van der Waals surface area contributed by atoms with E-state index in [9.17, 15) is 23.9 Å². The molecule has 188 valence electrons. The van der Waals surface area contributed by atoms with Crippen LogP contribution in [0.25, 0.3) is 0 Å². The van der Waals surface area contributed by atoms with E-state index < -0.39 is 29.6 Å². The molecule has 1 atom stereocenters. The van der Waals surface area contributed by atoms with Crippen LogP contribution in [0.5, 0.6) is 5.75 Å². The molecule has 4 rings (SSSR count). The van der Waals surface area contributed by atoms with Crippen molar-refractivity contribution < 1.29 is 23.9 Å². The summed E-state index contributed by atoms with van der Waals surface area (Å²) >= 11 is 0.644. The lowest BCUT2D eigenvalue weighted by Gasteiger charge is -2.31. The number of nitrogens with one attached hydrogen (secondary N) is 1. The van der Waals surface area contributed by atoms with Crippen LogP contribution in [-0.4, -0.2) is 27.2 Å². The molecular formula is C26H22FN5O4S. The molecule has 0 radical (unpaired) electrons. The maximum atomic E-state index is 14.3. The van der Waals surface area contributed by atoms with Crippen LogP contribution in [0.3, 0.4) is 0 Å². The monoisotopic (exact) mass is 519 g/mol. The summed E-state index contributed by atoms with van der Waals surface area (Å²) in [6.45, 7) is 0.161. The Morgan fingerprint density at radius 2 is 1.73 bits per heavy atom. The molecule has 11 heteroatoms. The number of primary amides is 1. The SMILES string of the molecule is NC(=O)c1nsc(C(=O)N(c2cccc(F)c2)[C@@H](C(=O)NCc2ccccc2)c2ccc(O)cc2)c1N. The first-order chi connectivity index (χ1) is 17.8. The molecule has 0 saturated carbocycles. The van der Waals surface area contributed by atoms with Crippen LogP contribution < -0.4 is 21.7 Å². The fourth-order valence-corrected chi connectivity index (χ4v) is 4.45. The quantitative estimate of drug-likeness (QED) is 0.280. The number of nitrogens with two attached hydrogens (primary N) is 2. The molecule has 1 aromatic heterocycles. The molecule has 4 aromatic rings. The second kappa shape index (κ2) is 10.9. The van der Waals surface area contributed by atoms with E-state index in [0.29, 0.717) is 17.1 Å². The third kappa shape index (κ3) is 5.57. The summed E-state index contributed by atoms with van der Waals surface area (Å²) in [6, 6.07) is 18.7. The van der Waals surface area contributed by atoms with Gasteiger partial charge in [0.05, 0.1) is 5.69 Å².